The van der Waals surface area contributed by atoms with E-state index in [1.54, 1.807) is 0 Å². The van der Waals surface area contributed by atoms with Crippen molar-refractivity contribution in [2.75, 3.05) is 27.2 Å². The Bertz CT molecular complexity index is 309. The van der Waals surface area contributed by atoms with Gasteiger partial charge in [-0.2, -0.15) is 0 Å². The summed E-state index contributed by atoms with van der Waals surface area (Å²) in [5.74, 6) is 0. The maximum Gasteiger partial charge on any atom is 0.0673 e. The predicted octanol–water partition coefficient (Wildman–Crippen LogP) is 6.77. The summed E-state index contributed by atoms with van der Waals surface area (Å²) in [5, 5.41) is 0. The van der Waals surface area contributed by atoms with Gasteiger partial charge in [-0.3, -0.25) is 0 Å². The van der Waals surface area contributed by atoms with E-state index in [0.717, 1.165) is 19.6 Å². The predicted molar refractivity (Wildman–Crippen MR) is 113 cm³/mol. The molecular formula is C23H45NO. The van der Waals surface area contributed by atoms with Crippen LogP contribution in [0.3, 0.4) is 0 Å². The fourth-order valence-electron chi connectivity index (χ4n) is 2.94. The van der Waals surface area contributed by atoms with Crippen LogP contribution in [-0.2, 0) is 4.74 Å². The van der Waals surface area contributed by atoms with Crippen molar-refractivity contribution in [1.29, 1.82) is 0 Å². The summed E-state index contributed by atoms with van der Waals surface area (Å²) in [6.07, 6.45) is 25.3. The third kappa shape index (κ3) is 21.4. The zero-order chi connectivity index (χ0) is 18.6. The third-order valence-corrected chi connectivity index (χ3v) is 4.37. The molecule has 0 saturated carbocycles. The summed E-state index contributed by atoms with van der Waals surface area (Å²) in [6.45, 7) is 6.36. The van der Waals surface area contributed by atoms with Crippen LogP contribution >= 0.6 is 0 Å². The minimum atomic E-state index is 0.355. The summed E-state index contributed by atoms with van der Waals surface area (Å²) in [4.78, 5) is 2.18. The van der Waals surface area contributed by atoms with E-state index < -0.39 is 0 Å². The van der Waals surface area contributed by atoms with E-state index in [2.05, 4.69) is 57.1 Å². The summed E-state index contributed by atoms with van der Waals surface area (Å²) >= 11 is 0. The Kier molecular flexibility index (Phi) is 19.2. The van der Waals surface area contributed by atoms with Crippen molar-refractivity contribution in [1.82, 2.24) is 4.90 Å². The summed E-state index contributed by atoms with van der Waals surface area (Å²) < 4.78 is 5.82. The van der Waals surface area contributed by atoms with Crippen LogP contribution in [0.1, 0.15) is 90.9 Å². The molecule has 0 aliphatic carbocycles. The molecule has 0 fully saturated rings. The second-order valence-electron chi connectivity index (χ2n) is 7.53. The first-order chi connectivity index (χ1) is 12.2. The van der Waals surface area contributed by atoms with E-state index in [1.165, 1.54) is 70.6 Å². The zero-order valence-corrected chi connectivity index (χ0v) is 17.6. The fraction of sp³-hybridized carbons (Fsp3) is 0.826. The van der Waals surface area contributed by atoms with Crippen LogP contribution in [0, 0.1) is 0 Å². The number of unbranched alkanes of at least 4 members (excludes halogenated alkanes) is 9. The smallest absolute Gasteiger partial charge is 0.0673 e. The van der Waals surface area contributed by atoms with Gasteiger partial charge >= 0.3 is 0 Å². The van der Waals surface area contributed by atoms with Gasteiger partial charge in [0.2, 0.25) is 0 Å². The standard InChI is InChI=1S/C23H45NO/c1-5-6-7-8-9-10-11-12-13-14-15-16-17-18-19-20-21-25-23(2)22-24(3)4/h9-10,12-13,23H,5-8,11,14-22H2,1-4H3/b10-9-,13-12-. The van der Waals surface area contributed by atoms with Crippen molar-refractivity contribution in [3.8, 4) is 0 Å². The SMILES string of the molecule is CCCCC/C=C\C/C=C\CCCCCCCCOC(C)CN(C)C. The van der Waals surface area contributed by atoms with Crippen LogP contribution in [0.5, 0.6) is 0 Å². The lowest BCUT2D eigenvalue weighted by Crippen LogP contribution is -2.26. The monoisotopic (exact) mass is 351 g/mol. The van der Waals surface area contributed by atoms with Crippen LogP contribution in [0.2, 0.25) is 0 Å². The molecule has 1 atom stereocenters. The molecule has 0 N–H and O–H groups in total. The Hall–Kier alpha value is -0.600. The average molecular weight is 352 g/mol. The van der Waals surface area contributed by atoms with Crippen LogP contribution < -0.4 is 0 Å². The Balaban J connectivity index is 3.22. The van der Waals surface area contributed by atoms with Gasteiger partial charge in [-0.1, -0.05) is 69.8 Å². The van der Waals surface area contributed by atoms with Crippen LogP contribution in [0.15, 0.2) is 24.3 Å². The van der Waals surface area contributed by atoms with Gasteiger partial charge in [0.05, 0.1) is 6.10 Å². The molecule has 0 aromatic rings. The highest BCUT2D eigenvalue weighted by molar-refractivity contribution is 4.92. The maximum absolute atomic E-state index is 5.82. The number of likely N-dealkylation sites (N-methyl/N-ethyl adjacent to an activating group) is 1. The summed E-state index contributed by atoms with van der Waals surface area (Å²) in [7, 11) is 4.20. The highest BCUT2D eigenvalue weighted by Crippen LogP contribution is 2.08. The molecule has 0 aliphatic heterocycles. The molecule has 0 aromatic heterocycles. The van der Waals surface area contributed by atoms with E-state index in [-0.39, 0.29) is 0 Å². The summed E-state index contributed by atoms with van der Waals surface area (Å²) in [6, 6.07) is 0. The molecule has 0 saturated heterocycles. The molecule has 25 heavy (non-hydrogen) atoms. The highest BCUT2D eigenvalue weighted by Gasteiger charge is 2.02. The van der Waals surface area contributed by atoms with Crippen molar-refractivity contribution in [3.63, 3.8) is 0 Å². The molecule has 148 valence electrons. The molecule has 0 bridgehead atoms. The van der Waals surface area contributed by atoms with Crippen molar-refractivity contribution >= 4 is 0 Å². The largest absolute Gasteiger partial charge is 0.377 e. The second-order valence-corrected chi connectivity index (χ2v) is 7.53. The van der Waals surface area contributed by atoms with Gasteiger partial charge in [-0.15, -0.1) is 0 Å². The van der Waals surface area contributed by atoms with Crippen molar-refractivity contribution < 1.29 is 4.74 Å². The van der Waals surface area contributed by atoms with Crippen molar-refractivity contribution in [2.24, 2.45) is 0 Å². The van der Waals surface area contributed by atoms with E-state index in [9.17, 15) is 0 Å². The van der Waals surface area contributed by atoms with Crippen LogP contribution in [-0.4, -0.2) is 38.3 Å². The molecule has 0 radical (unpaired) electrons. The zero-order valence-electron chi connectivity index (χ0n) is 17.6. The van der Waals surface area contributed by atoms with E-state index in [4.69, 9.17) is 4.74 Å². The molecule has 0 spiro atoms. The summed E-state index contributed by atoms with van der Waals surface area (Å²) in [5.41, 5.74) is 0. The fourth-order valence-corrected chi connectivity index (χ4v) is 2.94. The van der Waals surface area contributed by atoms with Gasteiger partial charge in [0.25, 0.3) is 0 Å². The number of ether oxygens (including phenoxy) is 1. The maximum atomic E-state index is 5.82. The van der Waals surface area contributed by atoms with Crippen molar-refractivity contribution in [3.05, 3.63) is 24.3 Å². The quantitative estimate of drug-likeness (QED) is 0.200. The molecule has 0 heterocycles. The first kappa shape index (κ1) is 24.4. The van der Waals surface area contributed by atoms with E-state index in [1.807, 2.05) is 0 Å². The molecule has 0 aromatic carbocycles. The Labute approximate surface area is 158 Å². The topological polar surface area (TPSA) is 12.5 Å². The lowest BCUT2D eigenvalue weighted by molar-refractivity contribution is 0.0458. The number of allylic oxidation sites excluding steroid dienone is 4. The highest BCUT2D eigenvalue weighted by atomic mass is 16.5. The number of nitrogens with zero attached hydrogens (tertiary/aromatic N) is 1. The third-order valence-electron chi connectivity index (χ3n) is 4.37. The number of rotatable bonds is 18. The van der Waals surface area contributed by atoms with Gasteiger partial charge < -0.3 is 9.64 Å². The molecule has 1 unspecified atom stereocenters. The van der Waals surface area contributed by atoms with Crippen molar-refractivity contribution in [2.45, 2.75) is 97.0 Å². The number of hydrogen-bond donors (Lipinski definition) is 0. The first-order valence-corrected chi connectivity index (χ1v) is 10.7. The minimum absolute atomic E-state index is 0.355. The lowest BCUT2D eigenvalue weighted by atomic mass is 10.1. The average Bonchev–Trinajstić information content (AvgIpc) is 2.57. The Morgan fingerprint density at radius 3 is 1.92 bits per heavy atom. The van der Waals surface area contributed by atoms with Gasteiger partial charge in [-0.05, 0) is 59.5 Å². The van der Waals surface area contributed by atoms with Gasteiger partial charge in [0.15, 0.2) is 0 Å². The Morgan fingerprint density at radius 2 is 1.32 bits per heavy atom. The normalized spacial score (nSPS) is 13.5. The van der Waals surface area contributed by atoms with E-state index in [0.29, 0.717) is 6.10 Å². The van der Waals surface area contributed by atoms with Crippen LogP contribution in [0.25, 0.3) is 0 Å². The lowest BCUT2D eigenvalue weighted by Gasteiger charge is -2.17. The molecule has 0 rings (SSSR count). The first-order valence-electron chi connectivity index (χ1n) is 10.7. The van der Waals surface area contributed by atoms with Gasteiger partial charge in [0.1, 0.15) is 0 Å². The number of hydrogen-bond acceptors (Lipinski definition) is 2. The molecular weight excluding hydrogens is 306 g/mol. The molecule has 2 nitrogen and oxygen atoms in total. The minimum Gasteiger partial charge on any atom is -0.377 e. The molecule has 0 amide bonds. The Morgan fingerprint density at radius 1 is 0.760 bits per heavy atom. The molecule has 2 heteroatoms. The van der Waals surface area contributed by atoms with Gasteiger partial charge in [0, 0.05) is 13.2 Å². The van der Waals surface area contributed by atoms with Gasteiger partial charge in [-0.25, -0.2) is 0 Å². The second kappa shape index (κ2) is 19.7. The van der Waals surface area contributed by atoms with Crippen LogP contribution in [0.4, 0.5) is 0 Å². The molecule has 0 aliphatic rings. The van der Waals surface area contributed by atoms with E-state index >= 15 is 0 Å².